The fourth-order valence-electron chi connectivity index (χ4n) is 6.44. The largest absolute Gasteiger partial charge is 0.508 e. The smallest absolute Gasteiger partial charge is 0.119 e. The number of allylic oxidation sites excluding steroid dienone is 1. The summed E-state index contributed by atoms with van der Waals surface area (Å²) in [4.78, 5) is 0. The van der Waals surface area contributed by atoms with E-state index in [-0.39, 0.29) is 16.2 Å². The lowest BCUT2D eigenvalue weighted by Crippen LogP contribution is -2.55. The average Bonchev–Trinajstić information content (AvgIpc) is 2.75. The minimum Gasteiger partial charge on any atom is -0.508 e. The summed E-state index contributed by atoms with van der Waals surface area (Å²) in [6, 6.07) is 3.32. The van der Waals surface area contributed by atoms with Crippen LogP contribution in [0.15, 0.2) is 24.3 Å². The first kappa shape index (κ1) is 15.1. The van der Waals surface area contributed by atoms with Crippen molar-refractivity contribution in [2.45, 2.75) is 64.7 Å². The summed E-state index contributed by atoms with van der Waals surface area (Å²) >= 11 is 0. The van der Waals surface area contributed by atoms with Crippen molar-refractivity contribution in [2.75, 3.05) is 0 Å². The Bertz CT molecular complexity index is 706. The van der Waals surface area contributed by atoms with E-state index >= 15 is 0 Å². The maximum atomic E-state index is 10.6. The Labute approximate surface area is 139 Å². The van der Waals surface area contributed by atoms with Gasteiger partial charge in [-0.15, -0.1) is 0 Å². The first-order valence-corrected chi connectivity index (χ1v) is 8.96. The number of phenolic OH excluding ortho intramolecular Hbond substituents is 2. The van der Waals surface area contributed by atoms with Crippen molar-refractivity contribution in [3.8, 4) is 11.5 Å². The lowest BCUT2D eigenvalue weighted by molar-refractivity contribution is -0.0588. The lowest BCUT2D eigenvalue weighted by Gasteiger charge is -2.61. The van der Waals surface area contributed by atoms with Crippen LogP contribution in [0.25, 0.3) is 0 Å². The molecule has 0 amide bonds. The molecule has 0 unspecified atom stereocenters. The summed E-state index contributed by atoms with van der Waals surface area (Å²) in [6.07, 6.45) is 6.67. The molecule has 2 fully saturated rings. The molecular weight excluding hydrogens is 284 g/mol. The summed E-state index contributed by atoms with van der Waals surface area (Å²) in [6.45, 7) is 11.5. The fourth-order valence-corrected chi connectivity index (χ4v) is 6.44. The van der Waals surface area contributed by atoms with Crippen LogP contribution in [0.5, 0.6) is 11.5 Å². The van der Waals surface area contributed by atoms with Crippen LogP contribution in [0.4, 0.5) is 0 Å². The van der Waals surface area contributed by atoms with Gasteiger partial charge in [-0.3, -0.25) is 0 Å². The number of fused-ring (bicyclic) bond motifs is 5. The Balaban J connectivity index is 1.92. The van der Waals surface area contributed by atoms with Crippen LogP contribution in [-0.2, 0) is 11.8 Å². The number of phenols is 2. The molecule has 2 nitrogen and oxygen atoms in total. The molecular formula is C21H28O2. The van der Waals surface area contributed by atoms with Gasteiger partial charge in [-0.25, -0.2) is 0 Å². The third kappa shape index (κ3) is 1.60. The molecule has 1 aromatic carbocycles. The molecule has 0 bridgehead atoms. The van der Waals surface area contributed by atoms with Crippen LogP contribution in [-0.4, -0.2) is 10.2 Å². The molecule has 3 aliphatic carbocycles. The molecule has 124 valence electrons. The molecule has 0 aromatic heterocycles. The molecule has 4 rings (SSSR count). The highest BCUT2D eigenvalue weighted by atomic mass is 16.3. The molecule has 2 N–H and O–H groups in total. The van der Waals surface area contributed by atoms with E-state index in [1.54, 1.807) is 12.1 Å². The van der Waals surface area contributed by atoms with Crippen molar-refractivity contribution in [1.29, 1.82) is 0 Å². The second-order valence-electron chi connectivity index (χ2n) is 8.85. The molecule has 3 aliphatic rings. The Hall–Kier alpha value is -1.44. The molecule has 2 heteroatoms. The predicted molar refractivity (Wildman–Crippen MR) is 92.8 cm³/mol. The van der Waals surface area contributed by atoms with Crippen molar-refractivity contribution < 1.29 is 10.2 Å². The Morgan fingerprint density at radius 2 is 1.78 bits per heavy atom. The van der Waals surface area contributed by atoms with E-state index in [4.69, 9.17) is 0 Å². The maximum Gasteiger partial charge on any atom is 0.119 e. The summed E-state index contributed by atoms with van der Waals surface area (Å²) in [5, 5.41) is 21.0. The van der Waals surface area contributed by atoms with Gasteiger partial charge in [0.25, 0.3) is 0 Å². The summed E-state index contributed by atoms with van der Waals surface area (Å²) in [5.74, 6) is 1.29. The van der Waals surface area contributed by atoms with Gasteiger partial charge in [-0.2, -0.15) is 0 Å². The second-order valence-corrected chi connectivity index (χ2v) is 8.85. The molecule has 0 aliphatic heterocycles. The van der Waals surface area contributed by atoms with Crippen molar-refractivity contribution >= 4 is 0 Å². The van der Waals surface area contributed by atoms with E-state index in [0.717, 1.165) is 36.8 Å². The number of aromatic hydroxyl groups is 2. The normalized spacial score (nSPS) is 42.0. The summed E-state index contributed by atoms with van der Waals surface area (Å²) in [7, 11) is 0. The van der Waals surface area contributed by atoms with Crippen LogP contribution >= 0.6 is 0 Å². The van der Waals surface area contributed by atoms with Crippen molar-refractivity contribution in [3.05, 3.63) is 35.4 Å². The highest BCUT2D eigenvalue weighted by molar-refractivity contribution is 5.57. The van der Waals surface area contributed by atoms with Crippen LogP contribution in [0.3, 0.4) is 0 Å². The monoisotopic (exact) mass is 312 g/mol. The van der Waals surface area contributed by atoms with E-state index in [0.29, 0.717) is 17.4 Å². The molecule has 2 saturated carbocycles. The molecule has 0 radical (unpaired) electrons. The molecule has 1 aromatic rings. The molecule has 4 atom stereocenters. The lowest BCUT2D eigenvalue weighted by atomic mass is 9.43. The van der Waals surface area contributed by atoms with Crippen LogP contribution in [0.1, 0.15) is 64.0 Å². The quantitative estimate of drug-likeness (QED) is 0.518. The zero-order valence-corrected chi connectivity index (χ0v) is 14.6. The van der Waals surface area contributed by atoms with Gasteiger partial charge >= 0.3 is 0 Å². The standard InChI is InChI=1S/C21H28O2/c1-13-6-5-7-17-19(13,2)10-11-20(3)18-14(12-21(17,20)4)15(22)8-9-16(18)23/h8-9,17,22-23H,1,5-7,10-12H2,2-4H3/t17-,19-,20+,21+/m1/s1. The van der Waals surface area contributed by atoms with Gasteiger partial charge in [0, 0.05) is 16.5 Å². The van der Waals surface area contributed by atoms with E-state index in [9.17, 15) is 10.2 Å². The minimum atomic E-state index is -0.0625. The predicted octanol–water partition coefficient (Wildman–Crippen LogP) is 5.07. The van der Waals surface area contributed by atoms with Gasteiger partial charge in [-0.1, -0.05) is 32.9 Å². The minimum absolute atomic E-state index is 0.0625. The molecule has 23 heavy (non-hydrogen) atoms. The zero-order chi connectivity index (χ0) is 16.6. The van der Waals surface area contributed by atoms with Gasteiger partial charge in [0.05, 0.1) is 0 Å². The third-order valence-electron chi connectivity index (χ3n) is 8.08. The number of benzene rings is 1. The van der Waals surface area contributed by atoms with E-state index in [1.807, 2.05) is 0 Å². The summed E-state index contributed by atoms with van der Waals surface area (Å²) < 4.78 is 0. The van der Waals surface area contributed by atoms with E-state index in [1.165, 1.54) is 18.4 Å². The number of rotatable bonds is 0. The third-order valence-corrected chi connectivity index (χ3v) is 8.08. The first-order chi connectivity index (χ1) is 10.7. The second kappa shape index (κ2) is 4.34. The first-order valence-electron chi connectivity index (χ1n) is 8.96. The summed E-state index contributed by atoms with van der Waals surface area (Å²) in [5.41, 5.74) is 3.63. The van der Waals surface area contributed by atoms with Gasteiger partial charge < -0.3 is 10.2 Å². The fraction of sp³-hybridized carbons (Fsp3) is 0.619. The van der Waals surface area contributed by atoms with Crippen LogP contribution in [0.2, 0.25) is 0 Å². The van der Waals surface area contributed by atoms with E-state index < -0.39 is 0 Å². The average molecular weight is 312 g/mol. The van der Waals surface area contributed by atoms with Crippen molar-refractivity contribution in [3.63, 3.8) is 0 Å². The Morgan fingerprint density at radius 3 is 2.52 bits per heavy atom. The topological polar surface area (TPSA) is 40.5 Å². The van der Waals surface area contributed by atoms with Crippen molar-refractivity contribution in [2.24, 2.45) is 16.7 Å². The highest BCUT2D eigenvalue weighted by Crippen LogP contribution is 2.71. The maximum absolute atomic E-state index is 10.6. The van der Waals surface area contributed by atoms with Gasteiger partial charge in [-0.05, 0) is 67.4 Å². The Kier molecular flexibility index (Phi) is 2.85. The van der Waals surface area contributed by atoms with Crippen LogP contribution in [0, 0.1) is 16.7 Å². The molecule has 0 spiro atoms. The highest BCUT2D eigenvalue weighted by Gasteiger charge is 2.64. The molecule has 0 heterocycles. The van der Waals surface area contributed by atoms with Gasteiger partial charge in [0.1, 0.15) is 11.5 Å². The SMILES string of the molecule is C=C1CCC[C@H]2[C@]3(C)Cc4c(O)ccc(O)c4[C@]3(C)CC[C@]12C. The Morgan fingerprint density at radius 1 is 1.09 bits per heavy atom. The molecule has 0 saturated heterocycles. The number of hydrogen-bond donors (Lipinski definition) is 2. The number of hydrogen-bond acceptors (Lipinski definition) is 2. The van der Waals surface area contributed by atoms with Gasteiger partial charge in [0.2, 0.25) is 0 Å². The van der Waals surface area contributed by atoms with Crippen LogP contribution < -0.4 is 0 Å². The zero-order valence-electron chi connectivity index (χ0n) is 14.6. The van der Waals surface area contributed by atoms with Crippen molar-refractivity contribution in [1.82, 2.24) is 0 Å². The van der Waals surface area contributed by atoms with E-state index in [2.05, 4.69) is 27.4 Å². The van der Waals surface area contributed by atoms with Gasteiger partial charge in [0.15, 0.2) is 0 Å².